The molecule has 1 aliphatic rings. The van der Waals surface area contributed by atoms with E-state index in [9.17, 15) is 23.5 Å². The van der Waals surface area contributed by atoms with Gasteiger partial charge in [-0.05, 0) is 68.0 Å². The lowest BCUT2D eigenvalue weighted by Gasteiger charge is -2.39. The summed E-state index contributed by atoms with van der Waals surface area (Å²) in [7, 11) is 0. The van der Waals surface area contributed by atoms with E-state index in [-0.39, 0.29) is 31.1 Å². The molecule has 0 bridgehead atoms. The van der Waals surface area contributed by atoms with E-state index in [1.54, 1.807) is 18.2 Å². The minimum atomic E-state index is -0.971. The molecule has 200 valence electrons. The normalized spacial score (nSPS) is 14.6. The van der Waals surface area contributed by atoms with Crippen LogP contribution >= 0.6 is 0 Å². The Balaban J connectivity index is 1.65. The summed E-state index contributed by atoms with van der Waals surface area (Å²) in [6, 6.07) is 14.2. The van der Waals surface area contributed by atoms with Crippen LogP contribution in [-0.2, 0) is 28.1 Å². The minimum absolute atomic E-state index is 0.101. The van der Waals surface area contributed by atoms with E-state index in [1.807, 2.05) is 13.8 Å². The average Bonchev–Trinajstić information content (AvgIpc) is 2.88. The number of nitrogens with one attached hydrogen (secondary N) is 1. The van der Waals surface area contributed by atoms with E-state index in [2.05, 4.69) is 23.5 Å². The van der Waals surface area contributed by atoms with Crippen LogP contribution in [0.25, 0.3) is 0 Å². The Morgan fingerprint density at radius 3 is 2.39 bits per heavy atom. The third kappa shape index (κ3) is 6.55. The van der Waals surface area contributed by atoms with Gasteiger partial charge in [0.25, 0.3) is 5.91 Å². The number of halogens is 2. The Labute approximate surface area is 220 Å². The molecule has 0 radical (unpaired) electrons. The molecular formula is C30H31F2NO5. The Bertz CT molecular complexity index is 1310. The van der Waals surface area contributed by atoms with Crippen LogP contribution in [0.1, 0.15) is 57.4 Å². The summed E-state index contributed by atoms with van der Waals surface area (Å²) >= 11 is 0. The van der Waals surface area contributed by atoms with Gasteiger partial charge in [0.05, 0.1) is 5.54 Å². The van der Waals surface area contributed by atoms with E-state index in [4.69, 9.17) is 9.47 Å². The molecule has 0 unspecified atom stereocenters. The van der Waals surface area contributed by atoms with E-state index >= 15 is 0 Å². The van der Waals surface area contributed by atoms with Gasteiger partial charge in [0.1, 0.15) is 12.4 Å². The van der Waals surface area contributed by atoms with Crippen LogP contribution in [0, 0.1) is 25.5 Å². The molecule has 6 nitrogen and oxygen atoms in total. The number of carbonyl (C=O) groups is 2. The van der Waals surface area contributed by atoms with Crippen LogP contribution < -0.4 is 10.1 Å². The summed E-state index contributed by atoms with van der Waals surface area (Å²) < 4.78 is 38.6. The third-order valence-electron chi connectivity index (χ3n) is 6.79. The highest BCUT2D eigenvalue weighted by Crippen LogP contribution is 2.34. The first-order valence-corrected chi connectivity index (χ1v) is 12.6. The van der Waals surface area contributed by atoms with Crippen molar-refractivity contribution < 1.29 is 33.0 Å². The van der Waals surface area contributed by atoms with E-state index in [1.165, 1.54) is 0 Å². The van der Waals surface area contributed by atoms with Crippen molar-refractivity contribution in [2.24, 2.45) is 0 Å². The van der Waals surface area contributed by atoms with Gasteiger partial charge < -0.3 is 19.9 Å². The summed E-state index contributed by atoms with van der Waals surface area (Å²) in [6.07, 6.45) is 1.21. The molecule has 0 spiro atoms. The molecular weight excluding hydrogens is 492 g/mol. The van der Waals surface area contributed by atoms with Crippen LogP contribution in [0.4, 0.5) is 8.78 Å². The van der Waals surface area contributed by atoms with Crippen molar-refractivity contribution in [1.82, 2.24) is 5.32 Å². The number of ether oxygens (including phenoxy) is 2. The standard InChI is InChI=1S/C30H31F2NO5/c1-19-13-20(2)15-23(14-19)30(9-11-37-12-10-30)33-29(36)25-16-21(3-4-22(25)5-8-28(34)35)18-38-27-17-24(31)6-7-26(27)32/h3-4,6-7,13-17H,5,8-12,18H2,1-2H3,(H,33,36)(H,34,35). The zero-order valence-electron chi connectivity index (χ0n) is 21.5. The molecule has 38 heavy (non-hydrogen) atoms. The molecule has 1 fully saturated rings. The summed E-state index contributed by atoms with van der Waals surface area (Å²) in [6.45, 7) is 4.91. The fraction of sp³-hybridized carbons (Fsp3) is 0.333. The highest BCUT2D eigenvalue weighted by atomic mass is 19.1. The number of hydrogen-bond acceptors (Lipinski definition) is 4. The van der Waals surface area contributed by atoms with Crippen molar-refractivity contribution in [3.63, 3.8) is 0 Å². The number of hydrogen-bond donors (Lipinski definition) is 2. The number of aryl methyl sites for hydroxylation is 3. The topological polar surface area (TPSA) is 84.9 Å². The number of carboxylic acids is 1. The van der Waals surface area contributed by atoms with Crippen molar-refractivity contribution >= 4 is 11.9 Å². The minimum Gasteiger partial charge on any atom is -0.486 e. The molecule has 8 heteroatoms. The van der Waals surface area contributed by atoms with Crippen molar-refractivity contribution in [2.75, 3.05) is 13.2 Å². The SMILES string of the molecule is Cc1cc(C)cc(C2(NC(=O)c3cc(COc4cc(F)ccc4F)ccc3CCC(=O)O)CCOCC2)c1. The van der Waals surface area contributed by atoms with Crippen LogP contribution in [0.15, 0.2) is 54.6 Å². The van der Waals surface area contributed by atoms with Crippen molar-refractivity contribution in [2.45, 2.75) is 51.7 Å². The lowest BCUT2D eigenvalue weighted by atomic mass is 9.81. The van der Waals surface area contributed by atoms with Gasteiger partial charge in [-0.15, -0.1) is 0 Å². The fourth-order valence-corrected chi connectivity index (χ4v) is 4.87. The van der Waals surface area contributed by atoms with Gasteiger partial charge in [0.15, 0.2) is 11.6 Å². The quantitative estimate of drug-likeness (QED) is 0.381. The summed E-state index contributed by atoms with van der Waals surface area (Å²) in [5, 5.41) is 12.5. The Morgan fingerprint density at radius 1 is 1.00 bits per heavy atom. The molecule has 4 rings (SSSR count). The lowest BCUT2D eigenvalue weighted by molar-refractivity contribution is -0.136. The number of carboxylic acid groups (broad SMARTS) is 1. The van der Waals surface area contributed by atoms with Crippen LogP contribution in [0.5, 0.6) is 5.75 Å². The van der Waals surface area contributed by atoms with Crippen LogP contribution in [0.2, 0.25) is 0 Å². The second-order valence-corrected chi connectivity index (χ2v) is 9.77. The Morgan fingerprint density at radius 2 is 1.71 bits per heavy atom. The smallest absolute Gasteiger partial charge is 0.303 e. The van der Waals surface area contributed by atoms with Gasteiger partial charge in [0, 0.05) is 31.3 Å². The fourth-order valence-electron chi connectivity index (χ4n) is 4.87. The maximum absolute atomic E-state index is 14.0. The molecule has 1 amide bonds. The lowest BCUT2D eigenvalue weighted by Crippen LogP contribution is -2.49. The third-order valence-corrected chi connectivity index (χ3v) is 6.79. The van der Waals surface area contributed by atoms with Gasteiger partial charge in [0.2, 0.25) is 0 Å². The largest absolute Gasteiger partial charge is 0.486 e. The first kappa shape index (κ1) is 27.3. The number of amides is 1. The van der Waals surface area contributed by atoms with Crippen LogP contribution in [-0.4, -0.2) is 30.2 Å². The molecule has 3 aromatic rings. The van der Waals surface area contributed by atoms with Gasteiger partial charge in [-0.3, -0.25) is 9.59 Å². The van der Waals surface area contributed by atoms with Gasteiger partial charge in [-0.1, -0.05) is 41.5 Å². The molecule has 1 heterocycles. The van der Waals surface area contributed by atoms with Crippen LogP contribution in [0.3, 0.4) is 0 Å². The molecule has 0 saturated carbocycles. The maximum atomic E-state index is 14.0. The monoisotopic (exact) mass is 523 g/mol. The zero-order valence-corrected chi connectivity index (χ0v) is 21.5. The zero-order chi connectivity index (χ0) is 27.3. The first-order chi connectivity index (χ1) is 18.1. The molecule has 0 atom stereocenters. The molecule has 1 aliphatic heterocycles. The molecule has 3 aromatic carbocycles. The number of rotatable bonds is 9. The average molecular weight is 524 g/mol. The summed E-state index contributed by atoms with van der Waals surface area (Å²) in [5.74, 6) is -2.87. The Kier molecular flexibility index (Phi) is 8.42. The first-order valence-electron chi connectivity index (χ1n) is 12.6. The second kappa shape index (κ2) is 11.7. The summed E-state index contributed by atoms with van der Waals surface area (Å²) in [5.41, 5.74) is 3.99. The number of aliphatic carboxylic acids is 1. The van der Waals surface area contributed by atoms with Crippen molar-refractivity contribution in [3.05, 3.63) is 99.6 Å². The van der Waals surface area contributed by atoms with Crippen molar-refractivity contribution in [1.29, 1.82) is 0 Å². The second-order valence-electron chi connectivity index (χ2n) is 9.77. The number of benzene rings is 3. The molecule has 1 saturated heterocycles. The molecule has 0 aromatic heterocycles. The Hall–Kier alpha value is -3.78. The summed E-state index contributed by atoms with van der Waals surface area (Å²) in [4.78, 5) is 25.1. The van der Waals surface area contributed by atoms with E-state index < -0.39 is 23.1 Å². The van der Waals surface area contributed by atoms with Gasteiger partial charge in [-0.2, -0.15) is 0 Å². The maximum Gasteiger partial charge on any atom is 0.303 e. The predicted octanol–water partition coefficient (Wildman–Crippen LogP) is 5.61. The van der Waals surface area contributed by atoms with E-state index in [0.29, 0.717) is 42.7 Å². The number of carbonyl (C=O) groups excluding carboxylic acids is 1. The predicted molar refractivity (Wildman–Crippen MR) is 138 cm³/mol. The van der Waals surface area contributed by atoms with Crippen molar-refractivity contribution in [3.8, 4) is 5.75 Å². The van der Waals surface area contributed by atoms with E-state index in [0.717, 1.165) is 34.9 Å². The highest BCUT2D eigenvalue weighted by Gasteiger charge is 2.37. The molecule has 2 N–H and O–H groups in total. The van der Waals surface area contributed by atoms with Gasteiger partial charge in [-0.25, -0.2) is 8.78 Å². The van der Waals surface area contributed by atoms with Gasteiger partial charge >= 0.3 is 5.97 Å². The molecule has 0 aliphatic carbocycles. The highest BCUT2D eigenvalue weighted by molar-refractivity contribution is 5.96.